The van der Waals surface area contributed by atoms with Crippen LogP contribution in [0, 0.1) is 6.92 Å². The molecule has 0 atom stereocenters. The fourth-order valence-corrected chi connectivity index (χ4v) is 1.73. The molecule has 2 rings (SSSR count). The molecule has 0 unspecified atom stereocenters. The molecule has 2 heterocycles. The van der Waals surface area contributed by atoms with Gasteiger partial charge in [0.15, 0.2) is 0 Å². The topological polar surface area (TPSA) is 28.7 Å². The molecule has 0 aliphatic heterocycles. The number of rotatable bonds is 1. The van der Waals surface area contributed by atoms with Gasteiger partial charge >= 0.3 is 0 Å². The molecule has 2 nitrogen and oxygen atoms in total. The smallest absolute Gasteiger partial charge is 0.137 e. The molecule has 0 amide bonds. The van der Waals surface area contributed by atoms with Crippen molar-refractivity contribution in [1.82, 2.24) is 9.97 Å². The lowest BCUT2D eigenvalue weighted by Crippen LogP contribution is -1.90. The van der Waals surface area contributed by atoms with Crippen LogP contribution < -0.4 is 0 Å². The molecular weight excluding hydrogens is 160 g/mol. The molecule has 1 N–H and O–H groups in total. The van der Waals surface area contributed by atoms with Gasteiger partial charge in [0.2, 0.25) is 0 Å². The van der Waals surface area contributed by atoms with Crippen molar-refractivity contribution >= 4 is 11.0 Å². The lowest BCUT2D eigenvalue weighted by atomic mass is 10.00. The van der Waals surface area contributed by atoms with Crippen molar-refractivity contribution in [3.05, 3.63) is 29.6 Å². The molecule has 2 aromatic heterocycles. The van der Waals surface area contributed by atoms with Crippen LogP contribution in [0.5, 0.6) is 0 Å². The maximum absolute atomic E-state index is 4.29. The van der Waals surface area contributed by atoms with E-state index in [2.05, 4.69) is 36.8 Å². The Labute approximate surface area is 79.5 Å². The molecule has 0 radical (unpaired) electrons. The van der Waals surface area contributed by atoms with Gasteiger partial charge in [0.05, 0.1) is 0 Å². The second kappa shape index (κ2) is 2.87. The van der Waals surface area contributed by atoms with Gasteiger partial charge in [-0.05, 0) is 30.0 Å². The van der Waals surface area contributed by atoms with Crippen molar-refractivity contribution in [2.75, 3.05) is 0 Å². The summed E-state index contributed by atoms with van der Waals surface area (Å²) >= 11 is 0. The third-order valence-electron chi connectivity index (χ3n) is 2.42. The minimum Gasteiger partial charge on any atom is -0.346 e. The Kier molecular flexibility index (Phi) is 1.83. The maximum Gasteiger partial charge on any atom is 0.137 e. The zero-order valence-corrected chi connectivity index (χ0v) is 8.26. The summed E-state index contributed by atoms with van der Waals surface area (Å²) in [5.74, 6) is 0.556. The molecule has 0 saturated heterocycles. The Bertz CT molecular complexity index is 432. The zero-order valence-electron chi connectivity index (χ0n) is 8.26. The Morgan fingerprint density at radius 1 is 1.46 bits per heavy atom. The summed E-state index contributed by atoms with van der Waals surface area (Å²) in [4.78, 5) is 7.46. The number of hydrogen-bond acceptors (Lipinski definition) is 1. The van der Waals surface area contributed by atoms with Gasteiger partial charge in [0.25, 0.3) is 0 Å². The zero-order chi connectivity index (χ0) is 9.42. The lowest BCUT2D eigenvalue weighted by molar-refractivity contribution is 0.874. The highest BCUT2D eigenvalue weighted by atomic mass is 14.8. The van der Waals surface area contributed by atoms with E-state index in [4.69, 9.17) is 0 Å². The molecule has 0 aliphatic carbocycles. The predicted octanol–water partition coefficient (Wildman–Crippen LogP) is 3.24. The van der Waals surface area contributed by atoms with Gasteiger partial charge in [-0.15, -0.1) is 0 Å². The summed E-state index contributed by atoms with van der Waals surface area (Å²) in [5.41, 5.74) is 3.67. The van der Waals surface area contributed by atoms with Crippen LogP contribution in [0.2, 0.25) is 0 Å². The van der Waals surface area contributed by atoms with Crippen LogP contribution in [-0.4, -0.2) is 9.97 Å². The quantitative estimate of drug-likeness (QED) is 0.710. The number of aryl methyl sites for hydroxylation is 1. The highest BCUT2D eigenvalue weighted by Crippen LogP contribution is 2.25. The minimum atomic E-state index is 0. The van der Waals surface area contributed by atoms with Gasteiger partial charge in [-0.1, -0.05) is 13.8 Å². The lowest BCUT2D eigenvalue weighted by Gasteiger charge is -2.06. The number of H-pyrrole nitrogens is 1. The van der Waals surface area contributed by atoms with E-state index in [1.807, 2.05) is 12.4 Å². The second-order valence-corrected chi connectivity index (χ2v) is 3.75. The first kappa shape index (κ1) is 8.30. The molecule has 0 aromatic carbocycles. The first-order valence-electron chi connectivity index (χ1n) is 4.62. The van der Waals surface area contributed by atoms with Gasteiger partial charge in [-0.2, -0.15) is 0 Å². The normalized spacial score (nSPS) is 11.4. The van der Waals surface area contributed by atoms with E-state index in [-0.39, 0.29) is 1.43 Å². The maximum atomic E-state index is 4.29. The number of hydrogen-bond donors (Lipinski definition) is 1. The van der Waals surface area contributed by atoms with Crippen molar-refractivity contribution < 1.29 is 1.43 Å². The Hall–Kier alpha value is -1.31. The van der Waals surface area contributed by atoms with Gasteiger partial charge in [0.1, 0.15) is 5.65 Å². The monoisotopic (exact) mass is 176 g/mol. The highest BCUT2D eigenvalue weighted by molar-refractivity contribution is 5.83. The van der Waals surface area contributed by atoms with Crippen molar-refractivity contribution in [3.8, 4) is 0 Å². The van der Waals surface area contributed by atoms with E-state index < -0.39 is 0 Å². The second-order valence-electron chi connectivity index (χ2n) is 3.75. The summed E-state index contributed by atoms with van der Waals surface area (Å²) in [6.45, 7) is 6.54. The molecule has 0 fully saturated rings. The van der Waals surface area contributed by atoms with Gasteiger partial charge in [0, 0.05) is 19.2 Å². The van der Waals surface area contributed by atoms with Crippen LogP contribution in [0.25, 0.3) is 11.0 Å². The standard InChI is InChI=1S/C11H14N2.H2/c1-7(2)9-4-5-12-11-10(9)8(3)6-13-11;/h4-7H,1-3H3,(H,12,13);1H. The fraction of sp³-hybridized carbons (Fsp3) is 0.364. The van der Waals surface area contributed by atoms with Crippen LogP contribution >= 0.6 is 0 Å². The number of pyridine rings is 1. The van der Waals surface area contributed by atoms with E-state index in [1.165, 1.54) is 16.5 Å². The highest BCUT2D eigenvalue weighted by Gasteiger charge is 2.08. The molecule has 0 aliphatic rings. The number of aromatic nitrogens is 2. The number of aromatic amines is 1. The van der Waals surface area contributed by atoms with E-state index in [0.29, 0.717) is 5.92 Å². The number of fused-ring (bicyclic) bond motifs is 1. The fourth-order valence-electron chi connectivity index (χ4n) is 1.73. The van der Waals surface area contributed by atoms with Crippen LogP contribution in [0.15, 0.2) is 18.5 Å². The molecule has 2 aromatic rings. The van der Waals surface area contributed by atoms with E-state index in [1.54, 1.807) is 0 Å². The minimum absolute atomic E-state index is 0. The summed E-state index contributed by atoms with van der Waals surface area (Å²) in [7, 11) is 0. The van der Waals surface area contributed by atoms with Crippen LogP contribution in [0.1, 0.15) is 32.3 Å². The Morgan fingerprint density at radius 2 is 2.23 bits per heavy atom. The first-order chi connectivity index (χ1) is 6.20. The molecule has 70 valence electrons. The third kappa shape index (κ3) is 1.22. The van der Waals surface area contributed by atoms with Gasteiger partial charge in [-0.3, -0.25) is 0 Å². The number of nitrogens with zero attached hydrogens (tertiary/aromatic N) is 1. The van der Waals surface area contributed by atoms with Gasteiger partial charge in [-0.25, -0.2) is 4.98 Å². The van der Waals surface area contributed by atoms with Crippen molar-refractivity contribution in [3.63, 3.8) is 0 Å². The van der Waals surface area contributed by atoms with E-state index in [9.17, 15) is 0 Å². The SMILES string of the molecule is Cc1c[nH]c2nccc(C(C)C)c12.[HH]. The largest absolute Gasteiger partial charge is 0.346 e. The predicted molar refractivity (Wildman–Crippen MR) is 57.0 cm³/mol. The first-order valence-corrected chi connectivity index (χ1v) is 4.62. The average Bonchev–Trinajstić information content (AvgIpc) is 2.48. The van der Waals surface area contributed by atoms with Crippen LogP contribution in [0.3, 0.4) is 0 Å². The van der Waals surface area contributed by atoms with E-state index in [0.717, 1.165) is 5.65 Å². The van der Waals surface area contributed by atoms with Crippen molar-refractivity contribution in [2.24, 2.45) is 0 Å². The summed E-state index contributed by atoms with van der Waals surface area (Å²) < 4.78 is 0. The molecule has 0 spiro atoms. The van der Waals surface area contributed by atoms with Crippen LogP contribution in [0.4, 0.5) is 0 Å². The van der Waals surface area contributed by atoms with Gasteiger partial charge < -0.3 is 4.98 Å². The summed E-state index contributed by atoms with van der Waals surface area (Å²) in [6.07, 6.45) is 3.89. The molecule has 0 bridgehead atoms. The molecule has 13 heavy (non-hydrogen) atoms. The molecule has 2 heteroatoms. The van der Waals surface area contributed by atoms with Crippen molar-refractivity contribution in [2.45, 2.75) is 26.7 Å². The summed E-state index contributed by atoms with van der Waals surface area (Å²) in [5, 5.41) is 1.29. The summed E-state index contributed by atoms with van der Waals surface area (Å²) in [6, 6.07) is 2.10. The Morgan fingerprint density at radius 3 is 2.92 bits per heavy atom. The third-order valence-corrected chi connectivity index (χ3v) is 2.42. The number of nitrogens with one attached hydrogen (secondary N) is 1. The molecular formula is C11H16N2. The van der Waals surface area contributed by atoms with Crippen LogP contribution in [-0.2, 0) is 0 Å². The van der Waals surface area contributed by atoms with Crippen molar-refractivity contribution in [1.29, 1.82) is 0 Å². The van der Waals surface area contributed by atoms with E-state index >= 15 is 0 Å². The molecule has 0 saturated carbocycles. The Balaban J connectivity index is 0.000000980. The average molecular weight is 176 g/mol.